The van der Waals surface area contributed by atoms with Crippen molar-refractivity contribution in [2.45, 2.75) is 25.6 Å². The number of phenolic OH excluding ortho intramolecular Hbond substituents is 1. The highest BCUT2D eigenvalue weighted by Gasteiger charge is 2.36. The molecule has 0 bridgehead atoms. The maximum absolute atomic E-state index is 12.2. The van der Waals surface area contributed by atoms with E-state index in [1.54, 1.807) is 30.0 Å². The first kappa shape index (κ1) is 26.1. The summed E-state index contributed by atoms with van der Waals surface area (Å²) in [5.41, 5.74) is 1.37. The van der Waals surface area contributed by atoms with E-state index in [1.165, 1.54) is 6.07 Å². The Morgan fingerprint density at radius 3 is 2.49 bits per heavy atom. The second-order valence-electron chi connectivity index (χ2n) is 9.14. The fourth-order valence-electron chi connectivity index (χ4n) is 5.01. The first-order chi connectivity index (χ1) is 18.7. The highest BCUT2D eigenvalue weighted by molar-refractivity contribution is 7.17. The minimum absolute atomic E-state index is 0.0456. The fourth-order valence-corrected chi connectivity index (χ4v) is 6.37. The summed E-state index contributed by atoms with van der Waals surface area (Å²) in [6, 6.07) is 12.0. The lowest BCUT2D eigenvalue weighted by molar-refractivity contribution is -0.147. The number of rotatable bonds is 7. The highest BCUT2D eigenvalue weighted by Crippen LogP contribution is 2.45. The number of phenols is 1. The van der Waals surface area contributed by atoms with Gasteiger partial charge in [0, 0.05) is 36.1 Å². The fraction of sp³-hybridized carbons (Fsp3) is 0.222. The number of hydrogen-bond acceptors (Lipinski definition) is 8. The molecule has 1 aliphatic rings. The van der Waals surface area contributed by atoms with Gasteiger partial charge < -0.3 is 35.0 Å². The predicted molar refractivity (Wildman–Crippen MR) is 143 cm³/mol. The van der Waals surface area contributed by atoms with Crippen LogP contribution in [0.15, 0.2) is 48.7 Å². The number of aliphatic carboxylic acids is 1. The van der Waals surface area contributed by atoms with Crippen LogP contribution in [-0.2, 0) is 29.1 Å². The third kappa shape index (κ3) is 4.87. The Kier molecular flexibility index (Phi) is 6.89. The van der Waals surface area contributed by atoms with Crippen molar-refractivity contribution >= 4 is 45.0 Å². The molecule has 0 saturated carbocycles. The number of aromatic carboxylic acids is 1. The van der Waals surface area contributed by atoms with E-state index in [1.807, 2.05) is 24.3 Å². The Balaban J connectivity index is 1.59. The number of carbonyl (C=O) groups excluding carboxylic acids is 1. The number of amides is 1. The van der Waals surface area contributed by atoms with Crippen LogP contribution in [-0.4, -0.2) is 61.4 Å². The Morgan fingerprint density at radius 1 is 1.10 bits per heavy atom. The van der Waals surface area contributed by atoms with Gasteiger partial charge in [-0.15, -0.1) is 11.3 Å². The van der Waals surface area contributed by atoms with Crippen LogP contribution in [0.5, 0.6) is 17.4 Å². The Bertz CT molecular complexity index is 1590. The van der Waals surface area contributed by atoms with Gasteiger partial charge in [-0.2, -0.15) is 0 Å². The number of carboxylic acid groups (broad SMARTS) is 2. The molecule has 2 aromatic carbocycles. The van der Waals surface area contributed by atoms with Crippen molar-refractivity contribution in [3.05, 3.63) is 70.2 Å². The Labute approximate surface area is 226 Å². The number of carboxylic acids is 2. The number of nitrogens with one attached hydrogen (secondary N) is 1. The maximum atomic E-state index is 12.2. The van der Waals surface area contributed by atoms with Crippen LogP contribution in [0.1, 0.15) is 32.4 Å². The quantitative estimate of drug-likeness (QED) is 0.216. The minimum atomic E-state index is -1.72. The predicted octanol–water partition coefficient (Wildman–Crippen LogP) is 3.64. The molecule has 1 amide bonds. The number of fused-ring (bicyclic) bond motifs is 2. The summed E-state index contributed by atoms with van der Waals surface area (Å²) >= 11 is 1.02. The van der Waals surface area contributed by atoms with Gasteiger partial charge in [0.05, 0.1) is 24.1 Å². The molecule has 0 aliphatic carbocycles. The van der Waals surface area contributed by atoms with Gasteiger partial charge in [0.15, 0.2) is 0 Å². The zero-order chi connectivity index (χ0) is 27.8. The lowest BCUT2D eigenvalue weighted by Crippen LogP contribution is -2.36. The van der Waals surface area contributed by atoms with Gasteiger partial charge in [0.25, 0.3) is 0 Å². The van der Waals surface area contributed by atoms with Crippen LogP contribution >= 0.6 is 11.3 Å². The van der Waals surface area contributed by atoms with E-state index in [9.17, 15) is 29.7 Å². The van der Waals surface area contributed by atoms with E-state index in [2.05, 4.69) is 10.2 Å². The van der Waals surface area contributed by atoms with Gasteiger partial charge in [-0.05, 0) is 35.7 Å². The molecule has 39 heavy (non-hydrogen) atoms. The number of aromatic nitrogens is 1. The van der Waals surface area contributed by atoms with Crippen molar-refractivity contribution in [2.24, 2.45) is 0 Å². The van der Waals surface area contributed by atoms with Crippen LogP contribution in [0.2, 0.25) is 0 Å². The van der Waals surface area contributed by atoms with Gasteiger partial charge >= 0.3 is 17.8 Å². The molecule has 0 radical (unpaired) electrons. The molecule has 202 valence electrons. The normalized spacial score (nSPS) is 15.2. The molecule has 1 aliphatic heterocycles. The molecule has 3 heterocycles. The number of benzene rings is 2. The summed E-state index contributed by atoms with van der Waals surface area (Å²) in [6.45, 7) is 1.17. The number of carbonyl (C=O) groups is 3. The van der Waals surface area contributed by atoms with E-state index in [0.29, 0.717) is 46.5 Å². The summed E-state index contributed by atoms with van der Waals surface area (Å²) in [4.78, 5) is 38.1. The minimum Gasteiger partial charge on any atom is -0.507 e. The smallest absolute Gasteiger partial charge is 0.394 e. The number of aromatic hydroxyl groups is 2. The molecular weight excluding hydrogens is 526 g/mol. The molecule has 5 rings (SSSR count). The molecule has 12 heteroatoms. The summed E-state index contributed by atoms with van der Waals surface area (Å²) in [7, 11) is 1.58. The molecule has 5 N–H and O–H groups in total. The molecule has 0 spiro atoms. The summed E-state index contributed by atoms with van der Waals surface area (Å²) in [5, 5.41) is 43.4. The third-order valence-corrected chi connectivity index (χ3v) is 8.09. The van der Waals surface area contributed by atoms with Crippen molar-refractivity contribution in [2.75, 3.05) is 19.0 Å². The third-order valence-electron chi connectivity index (χ3n) is 6.85. The molecule has 4 aromatic rings. The van der Waals surface area contributed by atoms with Crippen LogP contribution in [0.3, 0.4) is 0 Å². The van der Waals surface area contributed by atoms with E-state index in [-0.39, 0.29) is 28.7 Å². The Morgan fingerprint density at radius 2 is 1.85 bits per heavy atom. The molecule has 0 fully saturated rings. The number of nitrogens with zero attached hydrogens (tertiary/aromatic N) is 2. The van der Waals surface area contributed by atoms with E-state index in [0.717, 1.165) is 16.9 Å². The standard InChI is InChI=1S/C27H25N3O8S/c1-38-16-7-5-14(6-8-16)11-29-10-9-17-21(26(34)35)24(28-23(32)27(36)37)39-22(17)18(29)13-30-12-15-3-2-4-19(31)20(15)25(30)33/h2-8,12,18,31,33H,9-11,13H2,1H3,(H,28,32)(H,34,35)(H,36,37). The first-order valence-electron chi connectivity index (χ1n) is 12.0. The van der Waals surface area contributed by atoms with E-state index in [4.69, 9.17) is 9.84 Å². The largest absolute Gasteiger partial charge is 0.507 e. The number of hydrogen-bond donors (Lipinski definition) is 5. The van der Waals surface area contributed by atoms with Crippen LogP contribution in [0.4, 0.5) is 5.00 Å². The lowest BCUT2D eigenvalue weighted by Gasteiger charge is -2.36. The number of anilines is 1. The number of methoxy groups -OCH3 is 1. The molecule has 11 nitrogen and oxygen atoms in total. The van der Waals surface area contributed by atoms with E-state index >= 15 is 0 Å². The van der Waals surface area contributed by atoms with Gasteiger partial charge in [0.1, 0.15) is 16.5 Å². The van der Waals surface area contributed by atoms with Gasteiger partial charge in [-0.25, -0.2) is 9.59 Å². The van der Waals surface area contributed by atoms with Gasteiger partial charge in [-0.1, -0.05) is 24.3 Å². The molecule has 0 saturated heterocycles. The maximum Gasteiger partial charge on any atom is 0.394 e. The van der Waals surface area contributed by atoms with Crippen molar-refractivity contribution in [3.63, 3.8) is 0 Å². The van der Waals surface area contributed by atoms with Crippen LogP contribution in [0, 0.1) is 0 Å². The second-order valence-corrected chi connectivity index (χ2v) is 10.2. The van der Waals surface area contributed by atoms with Gasteiger partial charge in [-0.3, -0.25) is 9.69 Å². The summed E-state index contributed by atoms with van der Waals surface area (Å²) in [5.74, 6) is -3.80. The second kappa shape index (κ2) is 10.3. The first-order valence-corrected chi connectivity index (χ1v) is 12.8. The zero-order valence-corrected chi connectivity index (χ0v) is 21.6. The number of thiophene rings is 1. The summed E-state index contributed by atoms with van der Waals surface area (Å²) in [6.07, 6.45) is 2.08. The lowest BCUT2D eigenvalue weighted by atomic mass is 9.96. The average molecular weight is 552 g/mol. The van der Waals surface area contributed by atoms with Crippen molar-refractivity contribution in [1.29, 1.82) is 0 Å². The van der Waals surface area contributed by atoms with Crippen LogP contribution in [0.25, 0.3) is 10.8 Å². The van der Waals surface area contributed by atoms with Crippen molar-refractivity contribution in [1.82, 2.24) is 9.47 Å². The van der Waals surface area contributed by atoms with Gasteiger partial charge in [0.2, 0.25) is 5.88 Å². The SMILES string of the molecule is COc1ccc(CN2CCc3c(sc(NC(=O)C(=O)O)c3C(=O)O)C2Cn2cc3cccc(O)c3c2O)cc1. The van der Waals surface area contributed by atoms with Crippen molar-refractivity contribution in [3.8, 4) is 17.4 Å². The molecule has 2 aromatic heterocycles. The number of ether oxygens (including phenoxy) is 1. The summed E-state index contributed by atoms with van der Waals surface area (Å²) < 4.78 is 6.85. The molecule has 1 unspecified atom stereocenters. The highest BCUT2D eigenvalue weighted by atomic mass is 32.1. The Hall–Kier alpha value is -4.55. The average Bonchev–Trinajstić information content (AvgIpc) is 3.43. The molecular formula is C27H25N3O8S. The molecule has 1 atom stereocenters. The zero-order valence-electron chi connectivity index (χ0n) is 20.7. The van der Waals surface area contributed by atoms with Crippen molar-refractivity contribution < 1.29 is 39.5 Å². The van der Waals surface area contributed by atoms with E-state index < -0.39 is 23.9 Å². The topological polar surface area (TPSA) is 162 Å². The van der Waals surface area contributed by atoms with Crippen LogP contribution < -0.4 is 10.1 Å². The monoisotopic (exact) mass is 551 g/mol.